The molecule has 0 saturated heterocycles. The number of esters is 4. The summed E-state index contributed by atoms with van der Waals surface area (Å²) in [6.07, 6.45) is 82.2. The summed E-state index contributed by atoms with van der Waals surface area (Å²) in [7, 11) is -9.94. The van der Waals surface area contributed by atoms with Gasteiger partial charge in [0.05, 0.1) is 26.4 Å². The number of carbonyl (C=O) groups excluding carboxylic acids is 4. The van der Waals surface area contributed by atoms with Crippen LogP contribution in [0.2, 0.25) is 0 Å². The number of hydrogen-bond donors (Lipinski definition) is 3. The van der Waals surface area contributed by atoms with Crippen LogP contribution in [0.3, 0.4) is 0 Å². The average molecular weight is 1630 g/mol. The molecule has 3 N–H and O–H groups in total. The van der Waals surface area contributed by atoms with Crippen LogP contribution in [-0.4, -0.2) is 96.7 Å². The third-order valence-electron chi connectivity index (χ3n) is 22.0. The van der Waals surface area contributed by atoms with E-state index in [0.29, 0.717) is 25.7 Å². The van der Waals surface area contributed by atoms with E-state index in [0.717, 1.165) is 95.8 Å². The molecular formula is C93H182O17P2. The van der Waals surface area contributed by atoms with Crippen LogP contribution < -0.4 is 0 Å². The molecule has 0 aromatic heterocycles. The predicted molar refractivity (Wildman–Crippen MR) is 465 cm³/mol. The van der Waals surface area contributed by atoms with Gasteiger partial charge in [-0.2, -0.15) is 0 Å². The quantitative estimate of drug-likeness (QED) is 0.0222. The summed E-state index contributed by atoms with van der Waals surface area (Å²) in [5.74, 6) is -1.35. The Morgan fingerprint density at radius 3 is 0.607 bits per heavy atom. The van der Waals surface area contributed by atoms with Crippen molar-refractivity contribution in [1.29, 1.82) is 0 Å². The number of phosphoric acid groups is 2. The van der Waals surface area contributed by atoms with Crippen molar-refractivity contribution in [2.75, 3.05) is 39.6 Å². The highest BCUT2D eigenvalue weighted by Crippen LogP contribution is 2.45. The van der Waals surface area contributed by atoms with E-state index in [1.165, 1.54) is 334 Å². The lowest BCUT2D eigenvalue weighted by atomic mass is 10.0. The Kier molecular flexibility index (Phi) is 84.0. The summed E-state index contributed by atoms with van der Waals surface area (Å²) in [6.45, 7) is 7.39. The Balaban J connectivity index is 5.24. The first kappa shape index (κ1) is 110. The number of rotatable bonds is 93. The summed E-state index contributed by atoms with van der Waals surface area (Å²) < 4.78 is 69.1. The molecule has 0 spiro atoms. The van der Waals surface area contributed by atoms with Gasteiger partial charge in [-0.3, -0.25) is 37.3 Å². The zero-order valence-corrected chi connectivity index (χ0v) is 75.6. The fourth-order valence-electron chi connectivity index (χ4n) is 14.7. The molecule has 2 unspecified atom stereocenters. The van der Waals surface area contributed by atoms with Gasteiger partial charge in [0.1, 0.15) is 19.3 Å². The van der Waals surface area contributed by atoms with E-state index in [9.17, 15) is 43.2 Å². The van der Waals surface area contributed by atoms with Crippen molar-refractivity contribution in [2.24, 2.45) is 5.92 Å². The van der Waals surface area contributed by atoms with Crippen LogP contribution in [0.25, 0.3) is 0 Å². The first-order valence-electron chi connectivity index (χ1n) is 48.1. The smallest absolute Gasteiger partial charge is 0.462 e. The Labute approximate surface area is 689 Å². The molecule has 0 saturated carbocycles. The van der Waals surface area contributed by atoms with E-state index in [4.69, 9.17) is 37.0 Å². The summed E-state index contributed by atoms with van der Waals surface area (Å²) in [5.41, 5.74) is 0. The second kappa shape index (κ2) is 85.5. The van der Waals surface area contributed by atoms with Crippen LogP contribution in [0.15, 0.2) is 0 Å². The highest BCUT2D eigenvalue weighted by Gasteiger charge is 2.31. The lowest BCUT2D eigenvalue weighted by Gasteiger charge is -2.21. The zero-order chi connectivity index (χ0) is 81.8. The number of aliphatic hydroxyl groups excluding tert-OH is 1. The number of phosphoric ester groups is 2. The van der Waals surface area contributed by atoms with Gasteiger partial charge in [0.25, 0.3) is 0 Å². The van der Waals surface area contributed by atoms with Gasteiger partial charge in [-0.25, -0.2) is 9.13 Å². The molecule has 0 heterocycles. The molecule has 666 valence electrons. The lowest BCUT2D eigenvalue weighted by molar-refractivity contribution is -0.161. The zero-order valence-electron chi connectivity index (χ0n) is 73.8. The summed E-state index contributed by atoms with van der Waals surface area (Å²) in [4.78, 5) is 73.5. The summed E-state index contributed by atoms with van der Waals surface area (Å²) in [6, 6.07) is 0. The Bertz CT molecular complexity index is 2120. The van der Waals surface area contributed by atoms with Crippen molar-refractivity contribution in [2.45, 2.75) is 528 Å². The van der Waals surface area contributed by atoms with Gasteiger partial charge in [0.2, 0.25) is 0 Å². The largest absolute Gasteiger partial charge is 0.472 e. The molecule has 0 radical (unpaired) electrons. The molecule has 5 atom stereocenters. The molecule has 0 bridgehead atoms. The molecule has 0 aromatic rings. The van der Waals surface area contributed by atoms with Gasteiger partial charge < -0.3 is 33.8 Å². The van der Waals surface area contributed by atoms with Crippen molar-refractivity contribution in [1.82, 2.24) is 0 Å². The second-order valence-corrected chi connectivity index (χ2v) is 36.8. The molecule has 0 fully saturated rings. The third-order valence-corrected chi connectivity index (χ3v) is 23.9. The minimum Gasteiger partial charge on any atom is -0.462 e. The van der Waals surface area contributed by atoms with Crippen LogP contribution in [0.5, 0.6) is 0 Å². The lowest BCUT2D eigenvalue weighted by Crippen LogP contribution is -2.30. The van der Waals surface area contributed by atoms with Crippen molar-refractivity contribution in [3.8, 4) is 0 Å². The first-order valence-corrected chi connectivity index (χ1v) is 51.1. The molecule has 112 heavy (non-hydrogen) atoms. The predicted octanol–water partition coefficient (Wildman–Crippen LogP) is 29.1. The van der Waals surface area contributed by atoms with Gasteiger partial charge in [-0.05, 0) is 31.6 Å². The van der Waals surface area contributed by atoms with Crippen LogP contribution >= 0.6 is 15.6 Å². The van der Waals surface area contributed by atoms with Crippen molar-refractivity contribution in [3.05, 3.63) is 0 Å². The van der Waals surface area contributed by atoms with Gasteiger partial charge in [0, 0.05) is 25.7 Å². The number of hydrogen-bond acceptors (Lipinski definition) is 15. The number of unbranched alkanes of at least 4 members (excludes halogenated alkanes) is 65. The Morgan fingerprint density at radius 1 is 0.241 bits per heavy atom. The van der Waals surface area contributed by atoms with E-state index in [-0.39, 0.29) is 25.7 Å². The molecule has 0 aliphatic heterocycles. The summed E-state index contributed by atoms with van der Waals surface area (Å²) in [5, 5.41) is 10.7. The van der Waals surface area contributed by atoms with Crippen LogP contribution in [0.4, 0.5) is 0 Å². The highest BCUT2D eigenvalue weighted by atomic mass is 31.2. The topological polar surface area (TPSA) is 237 Å². The monoisotopic (exact) mass is 1630 g/mol. The minimum absolute atomic E-state index is 0.109. The van der Waals surface area contributed by atoms with Gasteiger partial charge in [-0.15, -0.1) is 0 Å². The van der Waals surface area contributed by atoms with Crippen molar-refractivity contribution < 1.29 is 80.2 Å². The average Bonchev–Trinajstić information content (AvgIpc) is 0.873. The summed E-state index contributed by atoms with van der Waals surface area (Å²) >= 11 is 0. The Morgan fingerprint density at radius 2 is 0.411 bits per heavy atom. The number of ether oxygens (including phenoxy) is 4. The second-order valence-electron chi connectivity index (χ2n) is 33.9. The minimum atomic E-state index is -4.97. The van der Waals surface area contributed by atoms with Gasteiger partial charge >= 0.3 is 39.5 Å². The van der Waals surface area contributed by atoms with Crippen LogP contribution in [0, 0.1) is 5.92 Å². The fourth-order valence-corrected chi connectivity index (χ4v) is 16.3. The molecule has 17 nitrogen and oxygen atoms in total. The Hall–Kier alpha value is -1.94. The van der Waals surface area contributed by atoms with Crippen LogP contribution in [-0.2, 0) is 65.4 Å². The third kappa shape index (κ3) is 85.9. The molecule has 0 aliphatic carbocycles. The number of carbonyl (C=O) groups is 4. The van der Waals surface area contributed by atoms with Gasteiger partial charge in [0.15, 0.2) is 12.2 Å². The molecule has 0 amide bonds. The first-order chi connectivity index (χ1) is 54.5. The van der Waals surface area contributed by atoms with Crippen molar-refractivity contribution in [3.63, 3.8) is 0 Å². The molecule has 0 aromatic carbocycles. The van der Waals surface area contributed by atoms with E-state index in [1.807, 2.05) is 0 Å². The van der Waals surface area contributed by atoms with Gasteiger partial charge in [-0.1, -0.05) is 458 Å². The molecule has 0 rings (SSSR count). The maximum atomic E-state index is 13.2. The van der Waals surface area contributed by atoms with Crippen molar-refractivity contribution >= 4 is 39.5 Å². The van der Waals surface area contributed by atoms with E-state index in [1.54, 1.807) is 0 Å². The highest BCUT2D eigenvalue weighted by molar-refractivity contribution is 7.47. The van der Waals surface area contributed by atoms with E-state index in [2.05, 4.69) is 34.6 Å². The SMILES string of the molecule is CCCCCCCCCCCCCCCCCCCCCCCCC(=O)O[C@H](COC(=O)CCCCCCCCCCCCCCCCCCCCC)COP(=O)(O)OC[C@@H](O)COP(=O)(O)OC[C@@H](COC(=O)CCCCCCCCCCCC(C)C)OC(=O)CCCCCCCCCCCCCCCCCCCCC. The maximum Gasteiger partial charge on any atom is 0.472 e. The maximum absolute atomic E-state index is 13.2. The standard InChI is InChI=1S/C93H182O17P2/c1-6-9-12-15-18-21-24-27-30-33-36-37-38-41-44-47-50-53-58-64-69-74-78-92(97)109-88(82-103-90(95)76-71-66-61-56-51-48-45-42-39-34-31-28-25-22-19-16-13-10-7-2)84-107-111(99,100)105-80-87(94)81-106-112(101,102)108-85-89(83-104-91(96)77-72-67-62-59-54-55-60-65-70-75-86(4)5)110-93(98)79-73-68-63-57-52-49-46-43-40-35-32-29-26-23-20-17-14-11-8-3/h86-89,94H,6-85H2,1-5H3,(H,99,100)(H,101,102)/t87-,88-,89-/m1/s1. The fraction of sp³-hybridized carbons (Fsp3) is 0.957. The molecule has 19 heteroatoms. The molecular weight excluding hydrogens is 1450 g/mol. The number of aliphatic hydroxyl groups is 1. The molecule has 0 aliphatic rings. The van der Waals surface area contributed by atoms with E-state index < -0.39 is 97.5 Å². The normalized spacial score (nSPS) is 13.7. The van der Waals surface area contributed by atoms with E-state index >= 15 is 0 Å². The van der Waals surface area contributed by atoms with Crippen LogP contribution in [0.1, 0.15) is 510 Å².